The minimum Gasteiger partial charge on any atom is -0.496 e. The van der Waals surface area contributed by atoms with Gasteiger partial charge in [0.05, 0.1) is 12.7 Å². The van der Waals surface area contributed by atoms with Crippen molar-refractivity contribution in [1.82, 2.24) is 0 Å². The Morgan fingerprint density at radius 1 is 0.912 bits per heavy atom. The Labute approximate surface area is 199 Å². The molecule has 2 aliphatic rings. The molecule has 170 valence electrons. The maximum Gasteiger partial charge on any atom is 0.150 e. The van der Waals surface area contributed by atoms with Crippen LogP contribution in [-0.4, -0.2) is 13.7 Å². The summed E-state index contributed by atoms with van der Waals surface area (Å²) in [7, 11) is 1.67. The van der Waals surface area contributed by atoms with E-state index in [1.807, 2.05) is 24.3 Å². The van der Waals surface area contributed by atoms with E-state index in [-0.39, 0.29) is 5.82 Å². The van der Waals surface area contributed by atoms with Crippen molar-refractivity contribution in [1.29, 1.82) is 0 Å². The number of para-hydroxylation sites is 1. The van der Waals surface area contributed by atoms with Crippen LogP contribution in [0.1, 0.15) is 30.1 Å². The zero-order valence-corrected chi connectivity index (χ0v) is 19.1. The first-order chi connectivity index (χ1) is 16.7. The molecular weight excluding hydrogens is 425 g/mol. The lowest BCUT2D eigenvalue weighted by Gasteiger charge is -2.30. The minimum atomic E-state index is -0.420. The second-order valence-corrected chi connectivity index (χ2v) is 9.06. The van der Waals surface area contributed by atoms with Crippen LogP contribution in [0.5, 0.6) is 11.5 Å². The molecule has 1 saturated carbocycles. The lowest BCUT2D eigenvalue weighted by Crippen LogP contribution is -2.16. The Morgan fingerprint density at radius 3 is 2.59 bits per heavy atom. The number of rotatable bonds is 6. The number of hydrogen-bond donors (Lipinski definition) is 1. The molecule has 0 saturated heterocycles. The summed E-state index contributed by atoms with van der Waals surface area (Å²) in [5, 5.41) is 3.64. The number of ether oxygens (including phenoxy) is 2. The second kappa shape index (κ2) is 8.53. The molecule has 1 fully saturated rings. The Morgan fingerprint density at radius 2 is 1.76 bits per heavy atom. The average Bonchev–Trinajstić information content (AvgIpc) is 3.71. The van der Waals surface area contributed by atoms with Crippen LogP contribution in [0.15, 0.2) is 84.9 Å². The summed E-state index contributed by atoms with van der Waals surface area (Å²) in [6.45, 7) is 1.00. The third kappa shape index (κ3) is 3.79. The van der Waals surface area contributed by atoms with Gasteiger partial charge in [-0.2, -0.15) is 0 Å². The predicted molar refractivity (Wildman–Crippen MR) is 134 cm³/mol. The maximum absolute atomic E-state index is 14.2. The number of anilines is 1. The molecule has 4 heteroatoms. The van der Waals surface area contributed by atoms with Gasteiger partial charge < -0.3 is 14.8 Å². The van der Waals surface area contributed by atoms with E-state index in [0.29, 0.717) is 0 Å². The molecule has 0 aromatic heterocycles. The average molecular weight is 452 g/mol. The number of benzene rings is 4. The van der Waals surface area contributed by atoms with Crippen LogP contribution in [0.4, 0.5) is 10.1 Å². The minimum absolute atomic E-state index is 0.273. The smallest absolute Gasteiger partial charge is 0.150 e. The van der Waals surface area contributed by atoms with E-state index in [4.69, 9.17) is 9.47 Å². The molecular formula is C30H26FNO2. The highest BCUT2D eigenvalue weighted by Crippen LogP contribution is 2.50. The first kappa shape index (κ1) is 20.8. The number of halogens is 1. The van der Waals surface area contributed by atoms with Gasteiger partial charge in [0.2, 0.25) is 0 Å². The van der Waals surface area contributed by atoms with Crippen LogP contribution < -0.4 is 14.8 Å². The van der Waals surface area contributed by atoms with Crippen LogP contribution >= 0.6 is 0 Å². The quantitative estimate of drug-likeness (QED) is 0.330. The van der Waals surface area contributed by atoms with Crippen molar-refractivity contribution in [3.63, 3.8) is 0 Å². The van der Waals surface area contributed by atoms with Crippen molar-refractivity contribution < 1.29 is 13.9 Å². The molecule has 1 aliphatic heterocycles. The molecule has 0 bridgehead atoms. The number of methoxy groups -OCH3 is 1. The highest BCUT2D eigenvalue weighted by Gasteiger charge is 2.30. The van der Waals surface area contributed by atoms with Gasteiger partial charge in [0.15, 0.2) is 0 Å². The summed E-state index contributed by atoms with van der Waals surface area (Å²) in [5.74, 6) is 2.01. The summed E-state index contributed by atoms with van der Waals surface area (Å²) < 4.78 is 26.3. The van der Waals surface area contributed by atoms with Crippen molar-refractivity contribution in [3.8, 4) is 33.8 Å². The largest absolute Gasteiger partial charge is 0.496 e. The molecule has 0 spiro atoms. The van der Waals surface area contributed by atoms with E-state index in [9.17, 15) is 4.39 Å². The summed E-state index contributed by atoms with van der Waals surface area (Å²) in [6.07, 6.45) is 2.20. The zero-order valence-electron chi connectivity index (χ0n) is 19.1. The monoisotopic (exact) mass is 451 g/mol. The van der Waals surface area contributed by atoms with E-state index in [2.05, 4.69) is 47.8 Å². The Kier molecular flexibility index (Phi) is 5.21. The summed E-state index contributed by atoms with van der Waals surface area (Å²) in [4.78, 5) is 0. The van der Waals surface area contributed by atoms with Gasteiger partial charge in [0, 0.05) is 23.4 Å². The van der Waals surface area contributed by atoms with Gasteiger partial charge >= 0.3 is 0 Å². The van der Waals surface area contributed by atoms with Gasteiger partial charge in [-0.3, -0.25) is 0 Å². The Hall–Kier alpha value is -3.79. The third-order valence-corrected chi connectivity index (χ3v) is 6.72. The molecule has 4 aromatic carbocycles. The van der Waals surface area contributed by atoms with Crippen LogP contribution in [-0.2, 0) is 0 Å². The first-order valence-corrected chi connectivity index (χ1v) is 11.8. The van der Waals surface area contributed by atoms with Crippen LogP contribution in [0, 0.1) is 11.7 Å². The Balaban J connectivity index is 1.50. The first-order valence-electron chi connectivity index (χ1n) is 11.8. The maximum atomic E-state index is 14.2. The van der Waals surface area contributed by atoms with Gasteiger partial charge in [0.1, 0.15) is 23.4 Å². The van der Waals surface area contributed by atoms with E-state index in [0.717, 1.165) is 63.0 Å². The number of nitrogens with one attached hydrogen (secondary N) is 1. The van der Waals surface area contributed by atoms with Crippen molar-refractivity contribution >= 4 is 5.69 Å². The zero-order chi connectivity index (χ0) is 23.1. The summed E-state index contributed by atoms with van der Waals surface area (Å²) in [6, 6.07) is 27.3. The highest BCUT2D eigenvalue weighted by atomic mass is 19.1. The summed E-state index contributed by atoms with van der Waals surface area (Å²) in [5.41, 5.74) is 7.13. The van der Waals surface area contributed by atoms with Gasteiger partial charge in [-0.1, -0.05) is 48.5 Å². The molecule has 34 heavy (non-hydrogen) atoms. The molecule has 4 aromatic rings. The molecule has 1 aliphatic carbocycles. The molecule has 6 rings (SSSR count). The van der Waals surface area contributed by atoms with Crippen molar-refractivity contribution in [2.75, 3.05) is 19.0 Å². The van der Waals surface area contributed by atoms with E-state index < -0.39 is 6.10 Å². The normalized spacial score (nSPS) is 16.2. The Bertz CT molecular complexity index is 1360. The van der Waals surface area contributed by atoms with E-state index >= 15 is 0 Å². The molecule has 1 heterocycles. The molecule has 0 radical (unpaired) electrons. The van der Waals surface area contributed by atoms with Gasteiger partial charge in [-0.15, -0.1) is 0 Å². The summed E-state index contributed by atoms with van der Waals surface area (Å²) >= 11 is 0. The standard InChI is InChI=1S/C30H26FNO2/c1-33-27-10-5-11-28-29(27)24-15-14-20(23-8-2-3-9-26(23)32-18-19-12-13-19)17-25(24)30(34-28)21-6-4-7-22(31)16-21/h2-11,14-17,19,30,32H,12-13,18H2,1H3. The van der Waals surface area contributed by atoms with Crippen LogP contribution in [0.25, 0.3) is 22.3 Å². The van der Waals surface area contributed by atoms with Crippen molar-refractivity contribution in [2.24, 2.45) is 5.92 Å². The van der Waals surface area contributed by atoms with Crippen LogP contribution in [0.2, 0.25) is 0 Å². The molecule has 0 amide bonds. The van der Waals surface area contributed by atoms with Gasteiger partial charge in [0.25, 0.3) is 0 Å². The topological polar surface area (TPSA) is 30.5 Å². The number of hydrogen-bond acceptors (Lipinski definition) is 3. The molecule has 1 N–H and O–H groups in total. The van der Waals surface area contributed by atoms with E-state index in [1.54, 1.807) is 19.2 Å². The fourth-order valence-electron chi connectivity index (χ4n) is 4.79. The van der Waals surface area contributed by atoms with Crippen LogP contribution in [0.3, 0.4) is 0 Å². The fraction of sp³-hybridized carbons (Fsp3) is 0.200. The fourth-order valence-corrected chi connectivity index (χ4v) is 4.79. The molecule has 3 nitrogen and oxygen atoms in total. The highest BCUT2D eigenvalue weighted by molar-refractivity contribution is 5.86. The molecule has 1 atom stereocenters. The third-order valence-electron chi connectivity index (χ3n) is 6.72. The predicted octanol–water partition coefficient (Wildman–Crippen LogP) is 7.47. The van der Waals surface area contributed by atoms with E-state index in [1.165, 1.54) is 18.9 Å². The lowest BCUT2D eigenvalue weighted by atomic mass is 9.86. The van der Waals surface area contributed by atoms with Crippen molar-refractivity contribution in [3.05, 3.63) is 102 Å². The van der Waals surface area contributed by atoms with Gasteiger partial charge in [-0.05, 0) is 71.8 Å². The van der Waals surface area contributed by atoms with Crippen molar-refractivity contribution in [2.45, 2.75) is 18.9 Å². The lowest BCUT2D eigenvalue weighted by molar-refractivity contribution is 0.241. The second-order valence-electron chi connectivity index (χ2n) is 9.06. The van der Waals surface area contributed by atoms with Gasteiger partial charge in [-0.25, -0.2) is 4.39 Å². The SMILES string of the molecule is COc1cccc2c1-c1ccc(-c3ccccc3NCC3CC3)cc1C(c1cccc(F)c1)O2. The molecule has 1 unspecified atom stereocenters. The number of fused-ring (bicyclic) bond motifs is 3.